The third-order valence-electron chi connectivity index (χ3n) is 5.91. The number of carboxylic acids is 2. The summed E-state index contributed by atoms with van der Waals surface area (Å²) < 4.78 is 11.1. The molecule has 9 nitrogen and oxygen atoms in total. The van der Waals surface area contributed by atoms with Crippen molar-refractivity contribution < 1.29 is 34.2 Å². The minimum atomic E-state index is -1.02. The van der Waals surface area contributed by atoms with Gasteiger partial charge in [-0.25, -0.2) is 0 Å². The van der Waals surface area contributed by atoms with E-state index in [0.717, 1.165) is 29.8 Å². The fraction of sp³-hybridized carbons (Fsp3) is 0.290. The van der Waals surface area contributed by atoms with E-state index in [1.807, 2.05) is 56.6 Å². The van der Waals surface area contributed by atoms with Gasteiger partial charge in [-0.05, 0) is 79.7 Å². The fourth-order valence-corrected chi connectivity index (χ4v) is 4.05. The Morgan fingerprint density at radius 2 is 1.27 bits per heavy atom. The quantitative estimate of drug-likeness (QED) is 0.200. The van der Waals surface area contributed by atoms with Crippen LogP contribution in [-0.4, -0.2) is 92.0 Å². The molecule has 3 rings (SSSR count). The van der Waals surface area contributed by atoms with Crippen LogP contribution in [0.15, 0.2) is 78.9 Å². The van der Waals surface area contributed by atoms with Gasteiger partial charge in [0.25, 0.3) is 0 Å². The maximum atomic E-state index is 9.96. The third kappa shape index (κ3) is 11.9. The molecule has 0 heterocycles. The Balaban J connectivity index is 0.000000503. The van der Waals surface area contributed by atoms with Gasteiger partial charge in [-0.3, -0.25) is 14.5 Å². The van der Waals surface area contributed by atoms with Crippen molar-refractivity contribution in [2.45, 2.75) is 13.3 Å². The van der Waals surface area contributed by atoms with Crippen LogP contribution in [0.2, 0.25) is 0 Å². The molecule has 0 saturated heterocycles. The minimum Gasteiger partial charge on any atom is -0.539 e. The standard InChI is InChI=1S/C26H30BNO3.C5H9NO4/c1-4-25(20-8-6-5-7-9-20)26(22-12-16-24(17-13-22)31-27-29)21-10-14-23(15-11-21)30-19-18-28(2)3;1-6(2-4(7)8)3-5(9)10/h5-17,27,29H,4,18-19H2,1-3H3;2-3H2,1H3,(H,7,8)(H,9,10)/b26-25-;. The summed E-state index contributed by atoms with van der Waals surface area (Å²) in [6.07, 6.45) is 0.898. The van der Waals surface area contributed by atoms with Gasteiger partial charge in [-0.15, -0.1) is 0 Å². The first kappa shape index (κ1) is 33.1. The van der Waals surface area contributed by atoms with Gasteiger partial charge in [0.1, 0.15) is 18.1 Å². The summed E-state index contributed by atoms with van der Waals surface area (Å²) in [6.45, 7) is 3.23. The Morgan fingerprint density at radius 1 is 0.756 bits per heavy atom. The van der Waals surface area contributed by atoms with Gasteiger partial charge in [0.15, 0.2) is 0 Å². The lowest BCUT2D eigenvalue weighted by Gasteiger charge is -2.17. The van der Waals surface area contributed by atoms with Gasteiger partial charge in [-0.1, -0.05) is 61.5 Å². The summed E-state index contributed by atoms with van der Waals surface area (Å²) >= 11 is 0. The van der Waals surface area contributed by atoms with E-state index >= 15 is 0 Å². The van der Waals surface area contributed by atoms with E-state index in [2.05, 4.69) is 48.2 Å². The zero-order valence-corrected chi connectivity index (χ0v) is 24.1. The van der Waals surface area contributed by atoms with Crippen LogP contribution in [0.3, 0.4) is 0 Å². The highest BCUT2D eigenvalue weighted by Gasteiger charge is 2.14. The van der Waals surface area contributed by atoms with Gasteiger partial charge in [0, 0.05) is 6.54 Å². The normalized spacial score (nSPS) is 11.3. The summed E-state index contributed by atoms with van der Waals surface area (Å²) in [5, 5.41) is 25.3. The first-order chi connectivity index (χ1) is 19.6. The van der Waals surface area contributed by atoms with Gasteiger partial charge in [-0.2, -0.15) is 0 Å². The Morgan fingerprint density at radius 3 is 1.71 bits per heavy atom. The lowest BCUT2D eigenvalue weighted by atomic mass is 9.88. The van der Waals surface area contributed by atoms with Gasteiger partial charge >= 0.3 is 19.6 Å². The van der Waals surface area contributed by atoms with E-state index < -0.39 is 11.9 Å². The van der Waals surface area contributed by atoms with Crippen LogP contribution in [-0.2, 0) is 9.59 Å². The molecule has 218 valence electrons. The van der Waals surface area contributed by atoms with Crippen molar-refractivity contribution in [1.82, 2.24) is 9.80 Å². The molecule has 0 radical (unpaired) electrons. The molecule has 0 aliphatic carbocycles. The van der Waals surface area contributed by atoms with E-state index in [-0.39, 0.29) is 20.8 Å². The first-order valence-corrected chi connectivity index (χ1v) is 13.3. The molecule has 41 heavy (non-hydrogen) atoms. The van der Waals surface area contributed by atoms with E-state index in [1.54, 1.807) is 0 Å². The van der Waals surface area contributed by atoms with E-state index in [9.17, 15) is 9.59 Å². The van der Waals surface area contributed by atoms with Crippen molar-refractivity contribution >= 4 is 30.8 Å². The molecular weight excluding hydrogens is 523 g/mol. The van der Waals surface area contributed by atoms with Crippen LogP contribution in [0.5, 0.6) is 11.5 Å². The number of carbonyl (C=O) groups is 2. The number of nitrogens with zero attached hydrogens (tertiary/aromatic N) is 2. The maximum absolute atomic E-state index is 9.96. The molecule has 0 saturated carbocycles. The largest absolute Gasteiger partial charge is 0.539 e. The van der Waals surface area contributed by atoms with Gasteiger partial charge < -0.3 is 29.5 Å². The minimum absolute atomic E-state index is 0.244. The van der Waals surface area contributed by atoms with Crippen molar-refractivity contribution in [3.8, 4) is 11.5 Å². The number of hydrogen-bond acceptors (Lipinski definition) is 7. The summed E-state index contributed by atoms with van der Waals surface area (Å²) in [5.41, 5.74) is 5.91. The highest BCUT2D eigenvalue weighted by Crippen LogP contribution is 2.35. The molecule has 0 unspecified atom stereocenters. The topological polar surface area (TPSA) is 120 Å². The summed E-state index contributed by atoms with van der Waals surface area (Å²) in [6, 6.07) is 26.7. The molecule has 3 aromatic carbocycles. The Bertz CT molecular complexity index is 1230. The molecule has 0 atom stereocenters. The number of rotatable bonds is 14. The molecule has 3 aromatic rings. The molecule has 0 aliphatic heterocycles. The number of aliphatic carboxylic acids is 2. The van der Waals surface area contributed by atoms with Crippen molar-refractivity contribution in [1.29, 1.82) is 0 Å². The molecule has 0 bridgehead atoms. The number of hydrogen-bond donors (Lipinski definition) is 3. The Hall–Kier alpha value is -4.12. The lowest BCUT2D eigenvalue weighted by molar-refractivity contribution is -0.141. The van der Waals surface area contributed by atoms with Crippen LogP contribution in [0, 0.1) is 0 Å². The van der Waals surface area contributed by atoms with Crippen molar-refractivity contribution in [2.24, 2.45) is 0 Å². The fourth-order valence-electron chi connectivity index (χ4n) is 4.05. The summed E-state index contributed by atoms with van der Waals surface area (Å²) in [5.74, 6) is -0.532. The van der Waals surface area contributed by atoms with Crippen molar-refractivity contribution in [2.75, 3.05) is 47.4 Å². The molecule has 0 aliphatic rings. The number of benzene rings is 3. The Kier molecular flexibility index (Phi) is 14.2. The van der Waals surface area contributed by atoms with Crippen molar-refractivity contribution in [3.05, 3.63) is 95.6 Å². The average molecular weight is 562 g/mol. The SMILES string of the molecule is CC/C(=C(/c1ccc(OBO)cc1)c1ccc(OCCN(C)C)cc1)c1ccccc1.CN(CC(=O)O)CC(=O)O. The number of likely N-dealkylation sites (N-methyl/N-ethyl adjacent to an activating group) is 2. The highest BCUT2D eigenvalue weighted by molar-refractivity contribution is 6.17. The van der Waals surface area contributed by atoms with Crippen LogP contribution in [0.4, 0.5) is 0 Å². The van der Waals surface area contributed by atoms with Gasteiger partial charge in [0.2, 0.25) is 0 Å². The molecular formula is C31H39BN2O7. The maximum Gasteiger partial charge on any atom is 0.504 e. The second-order valence-corrected chi connectivity index (χ2v) is 9.51. The zero-order valence-electron chi connectivity index (χ0n) is 24.1. The predicted molar refractivity (Wildman–Crippen MR) is 162 cm³/mol. The molecule has 10 heteroatoms. The molecule has 0 fully saturated rings. The number of allylic oxidation sites excluding steroid dienone is 1. The first-order valence-electron chi connectivity index (χ1n) is 13.3. The van der Waals surface area contributed by atoms with Gasteiger partial charge in [0.05, 0.1) is 13.1 Å². The summed E-state index contributed by atoms with van der Waals surface area (Å²) in [4.78, 5) is 23.2. The molecule has 0 spiro atoms. The second kappa shape index (κ2) is 17.5. The molecule has 3 N–H and O–H groups in total. The van der Waals surface area contributed by atoms with Crippen LogP contribution in [0.25, 0.3) is 11.1 Å². The van der Waals surface area contributed by atoms with Crippen LogP contribution < -0.4 is 9.39 Å². The smallest absolute Gasteiger partial charge is 0.504 e. The lowest BCUT2D eigenvalue weighted by Crippen LogP contribution is -2.30. The van der Waals surface area contributed by atoms with E-state index in [0.29, 0.717) is 12.4 Å². The molecule has 0 aromatic heterocycles. The molecule has 0 amide bonds. The second-order valence-electron chi connectivity index (χ2n) is 9.51. The Labute approximate surface area is 242 Å². The average Bonchev–Trinajstić information content (AvgIpc) is 2.93. The predicted octanol–water partition coefficient (Wildman–Crippen LogP) is 3.72. The van der Waals surface area contributed by atoms with Crippen LogP contribution >= 0.6 is 0 Å². The monoisotopic (exact) mass is 562 g/mol. The number of ether oxygens (including phenoxy) is 1. The highest BCUT2D eigenvalue weighted by atomic mass is 16.5. The summed E-state index contributed by atoms with van der Waals surface area (Å²) in [7, 11) is 5.18. The van der Waals surface area contributed by atoms with Crippen molar-refractivity contribution in [3.63, 3.8) is 0 Å². The number of carboxylic acid groups (broad SMARTS) is 2. The third-order valence-corrected chi connectivity index (χ3v) is 5.91. The van der Waals surface area contributed by atoms with Crippen LogP contribution in [0.1, 0.15) is 30.0 Å². The van der Waals surface area contributed by atoms with E-state index in [4.69, 9.17) is 24.6 Å². The van der Waals surface area contributed by atoms with E-state index in [1.165, 1.54) is 28.7 Å². The zero-order chi connectivity index (χ0) is 30.2.